The van der Waals surface area contributed by atoms with Crippen molar-refractivity contribution < 1.29 is 4.79 Å². The Morgan fingerprint density at radius 1 is 1.56 bits per heavy atom. The number of anilines is 1. The lowest BCUT2D eigenvalue weighted by Crippen LogP contribution is -2.25. The number of thiophene rings is 1. The molecule has 2 heterocycles. The molecule has 0 aliphatic heterocycles. The highest BCUT2D eigenvalue weighted by Gasteiger charge is 2.16. The van der Waals surface area contributed by atoms with Gasteiger partial charge in [0.2, 0.25) is 0 Å². The van der Waals surface area contributed by atoms with Crippen molar-refractivity contribution in [2.24, 2.45) is 0 Å². The summed E-state index contributed by atoms with van der Waals surface area (Å²) in [5.41, 5.74) is 7.46. The summed E-state index contributed by atoms with van der Waals surface area (Å²) < 4.78 is 0. The number of nitrogens with zero attached hydrogens (tertiary/aromatic N) is 1. The van der Waals surface area contributed by atoms with Gasteiger partial charge < -0.3 is 11.1 Å². The van der Waals surface area contributed by atoms with Gasteiger partial charge in [-0.1, -0.05) is 0 Å². The van der Waals surface area contributed by atoms with Crippen LogP contribution in [0.2, 0.25) is 0 Å². The van der Waals surface area contributed by atoms with Crippen LogP contribution in [0.1, 0.15) is 15.4 Å². The molecule has 3 N–H and O–H groups in total. The minimum absolute atomic E-state index is 0.109. The Kier molecular flexibility index (Phi) is 4.08. The van der Waals surface area contributed by atoms with Gasteiger partial charge in [-0.15, -0.1) is 11.3 Å². The highest BCUT2D eigenvalue weighted by molar-refractivity contribution is 7.98. The summed E-state index contributed by atoms with van der Waals surface area (Å²) in [4.78, 5) is 17.7. The molecule has 18 heavy (non-hydrogen) atoms. The van der Waals surface area contributed by atoms with E-state index in [4.69, 9.17) is 5.73 Å². The number of nitrogen functional groups attached to an aromatic ring is 1. The summed E-state index contributed by atoms with van der Waals surface area (Å²) in [6.07, 6.45) is 2.01. The van der Waals surface area contributed by atoms with Gasteiger partial charge in [-0.05, 0) is 25.3 Å². The third-order valence-corrected chi connectivity index (χ3v) is 4.26. The molecule has 0 saturated carbocycles. The Labute approximate surface area is 114 Å². The van der Waals surface area contributed by atoms with Crippen molar-refractivity contribution in [1.29, 1.82) is 0 Å². The molecule has 2 rings (SSSR count). The lowest BCUT2D eigenvalue weighted by Gasteiger charge is -2.02. The molecule has 0 aliphatic carbocycles. The number of fused-ring (bicyclic) bond motifs is 1. The zero-order valence-corrected chi connectivity index (χ0v) is 12.0. The second kappa shape index (κ2) is 5.58. The summed E-state index contributed by atoms with van der Waals surface area (Å²) in [5.74, 6) is 0.788. The summed E-state index contributed by atoms with van der Waals surface area (Å²) >= 11 is 3.04. The minimum atomic E-state index is -0.109. The summed E-state index contributed by atoms with van der Waals surface area (Å²) in [6.45, 7) is 2.58. The van der Waals surface area contributed by atoms with E-state index < -0.39 is 0 Å². The minimum Gasteiger partial charge on any atom is -0.397 e. The molecule has 96 valence electrons. The van der Waals surface area contributed by atoms with Crippen LogP contribution in [0.5, 0.6) is 0 Å². The number of pyridine rings is 1. The maximum absolute atomic E-state index is 12.0. The Morgan fingerprint density at radius 3 is 3.06 bits per heavy atom. The normalized spacial score (nSPS) is 10.8. The quantitative estimate of drug-likeness (QED) is 0.844. The first-order chi connectivity index (χ1) is 8.63. The van der Waals surface area contributed by atoms with Crippen LogP contribution in [-0.4, -0.2) is 29.4 Å². The van der Waals surface area contributed by atoms with Crippen LogP contribution in [0.25, 0.3) is 10.2 Å². The molecule has 0 unspecified atom stereocenters. The SMILES string of the molecule is CSCCNC(=O)c1sc2nc(C)ccc2c1N. The van der Waals surface area contributed by atoms with Crippen LogP contribution in [0.15, 0.2) is 12.1 Å². The molecule has 0 aromatic carbocycles. The van der Waals surface area contributed by atoms with E-state index in [1.54, 1.807) is 11.8 Å². The van der Waals surface area contributed by atoms with E-state index in [1.807, 2.05) is 25.3 Å². The fourth-order valence-electron chi connectivity index (χ4n) is 1.61. The van der Waals surface area contributed by atoms with Crippen molar-refractivity contribution in [3.05, 3.63) is 22.7 Å². The van der Waals surface area contributed by atoms with Gasteiger partial charge in [0.15, 0.2) is 0 Å². The number of hydrogen-bond donors (Lipinski definition) is 2. The summed E-state index contributed by atoms with van der Waals surface area (Å²) in [6, 6.07) is 3.82. The number of aromatic nitrogens is 1. The molecule has 0 aliphatic rings. The van der Waals surface area contributed by atoms with Gasteiger partial charge >= 0.3 is 0 Å². The number of aryl methyl sites for hydroxylation is 1. The third-order valence-electron chi connectivity index (χ3n) is 2.53. The Bertz CT molecular complexity index is 580. The van der Waals surface area contributed by atoms with Crippen molar-refractivity contribution in [1.82, 2.24) is 10.3 Å². The second-order valence-corrected chi connectivity index (χ2v) is 5.88. The topological polar surface area (TPSA) is 68.0 Å². The first kappa shape index (κ1) is 13.2. The zero-order valence-electron chi connectivity index (χ0n) is 10.3. The van der Waals surface area contributed by atoms with E-state index in [0.29, 0.717) is 17.1 Å². The maximum Gasteiger partial charge on any atom is 0.263 e. The van der Waals surface area contributed by atoms with Crippen molar-refractivity contribution >= 4 is 44.9 Å². The smallest absolute Gasteiger partial charge is 0.263 e. The molecule has 0 atom stereocenters. The molecule has 4 nitrogen and oxygen atoms in total. The fraction of sp³-hybridized carbons (Fsp3) is 0.333. The average molecular weight is 281 g/mol. The lowest BCUT2D eigenvalue weighted by molar-refractivity contribution is 0.0961. The summed E-state index contributed by atoms with van der Waals surface area (Å²) in [5, 5.41) is 3.72. The molecule has 1 amide bonds. The van der Waals surface area contributed by atoms with Gasteiger partial charge in [0.1, 0.15) is 9.71 Å². The molecular weight excluding hydrogens is 266 g/mol. The third kappa shape index (κ3) is 2.59. The maximum atomic E-state index is 12.0. The molecule has 0 bridgehead atoms. The first-order valence-electron chi connectivity index (χ1n) is 5.56. The van der Waals surface area contributed by atoms with Crippen LogP contribution < -0.4 is 11.1 Å². The number of nitrogens with two attached hydrogens (primary N) is 1. The Hall–Kier alpha value is -1.27. The average Bonchev–Trinajstić information content (AvgIpc) is 2.66. The number of carbonyl (C=O) groups is 1. The zero-order chi connectivity index (χ0) is 13.1. The van der Waals surface area contributed by atoms with Crippen molar-refractivity contribution in [2.45, 2.75) is 6.92 Å². The molecule has 2 aromatic rings. The first-order valence-corrected chi connectivity index (χ1v) is 7.77. The summed E-state index contributed by atoms with van der Waals surface area (Å²) in [7, 11) is 0. The molecule has 0 fully saturated rings. The largest absolute Gasteiger partial charge is 0.397 e. The van der Waals surface area contributed by atoms with Crippen molar-refractivity contribution in [2.75, 3.05) is 24.3 Å². The number of amides is 1. The molecule has 6 heteroatoms. The number of carbonyl (C=O) groups excluding carboxylic acids is 1. The monoisotopic (exact) mass is 281 g/mol. The van der Waals surface area contributed by atoms with Gasteiger partial charge in [0, 0.05) is 23.4 Å². The van der Waals surface area contributed by atoms with E-state index in [0.717, 1.165) is 21.7 Å². The van der Waals surface area contributed by atoms with Crippen LogP contribution in [0.4, 0.5) is 5.69 Å². The van der Waals surface area contributed by atoms with Crippen LogP contribution in [-0.2, 0) is 0 Å². The van der Waals surface area contributed by atoms with Gasteiger partial charge in [0.05, 0.1) is 5.69 Å². The Balaban J connectivity index is 2.28. The standard InChI is InChI=1S/C12H15N3OS2/c1-7-3-4-8-9(13)10(18-12(8)15-7)11(16)14-5-6-17-2/h3-4H,5-6,13H2,1-2H3,(H,14,16). The molecule has 0 radical (unpaired) electrons. The fourth-order valence-corrected chi connectivity index (χ4v) is 2.97. The van der Waals surface area contributed by atoms with E-state index in [2.05, 4.69) is 10.3 Å². The van der Waals surface area contributed by atoms with Crippen LogP contribution in [0, 0.1) is 6.92 Å². The van der Waals surface area contributed by atoms with E-state index in [9.17, 15) is 4.79 Å². The molecule has 0 spiro atoms. The highest BCUT2D eigenvalue weighted by Crippen LogP contribution is 2.32. The lowest BCUT2D eigenvalue weighted by atomic mass is 10.2. The van der Waals surface area contributed by atoms with Gasteiger partial charge in [-0.3, -0.25) is 4.79 Å². The molecular formula is C12H15N3OS2. The highest BCUT2D eigenvalue weighted by atomic mass is 32.2. The van der Waals surface area contributed by atoms with Crippen molar-refractivity contribution in [3.63, 3.8) is 0 Å². The Morgan fingerprint density at radius 2 is 2.33 bits per heavy atom. The predicted molar refractivity (Wildman–Crippen MR) is 79.5 cm³/mol. The van der Waals surface area contributed by atoms with E-state index in [-0.39, 0.29) is 5.91 Å². The molecule has 2 aromatic heterocycles. The number of hydrogen-bond acceptors (Lipinski definition) is 5. The van der Waals surface area contributed by atoms with Crippen LogP contribution >= 0.6 is 23.1 Å². The van der Waals surface area contributed by atoms with Crippen LogP contribution in [0.3, 0.4) is 0 Å². The number of thioether (sulfide) groups is 1. The second-order valence-electron chi connectivity index (χ2n) is 3.90. The van der Waals surface area contributed by atoms with Gasteiger partial charge in [-0.2, -0.15) is 11.8 Å². The van der Waals surface area contributed by atoms with E-state index >= 15 is 0 Å². The van der Waals surface area contributed by atoms with E-state index in [1.165, 1.54) is 11.3 Å². The van der Waals surface area contributed by atoms with Crippen molar-refractivity contribution in [3.8, 4) is 0 Å². The number of rotatable bonds is 4. The predicted octanol–water partition coefficient (Wildman–Crippen LogP) is 2.28. The number of nitrogens with one attached hydrogen (secondary N) is 1. The van der Waals surface area contributed by atoms with Gasteiger partial charge in [0.25, 0.3) is 5.91 Å². The molecule has 0 saturated heterocycles. The van der Waals surface area contributed by atoms with Gasteiger partial charge in [-0.25, -0.2) is 4.98 Å².